The van der Waals surface area contributed by atoms with Crippen molar-refractivity contribution < 1.29 is 13.2 Å². The normalized spacial score (nSPS) is 16.3. The molecule has 6 heteroatoms. The summed E-state index contributed by atoms with van der Waals surface area (Å²) in [5.74, 6) is -0.178. The van der Waals surface area contributed by atoms with E-state index in [1.54, 1.807) is 0 Å². The van der Waals surface area contributed by atoms with E-state index >= 15 is 0 Å². The molecular weight excluding hydrogens is 348 g/mol. The number of amides is 1. The van der Waals surface area contributed by atoms with Crippen LogP contribution in [0.2, 0.25) is 0 Å². The number of aryl methyl sites for hydroxylation is 1. The van der Waals surface area contributed by atoms with Gasteiger partial charge in [0.15, 0.2) is 0 Å². The van der Waals surface area contributed by atoms with Crippen LogP contribution in [0, 0.1) is 12.8 Å². The van der Waals surface area contributed by atoms with E-state index in [-0.39, 0.29) is 17.6 Å². The van der Waals surface area contributed by atoms with Gasteiger partial charge < -0.3 is 5.32 Å². The number of rotatable bonds is 5. The lowest BCUT2D eigenvalue weighted by Gasteiger charge is -2.30. The first-order chi connectivity index (χ1) is 12.4. The number of carbonyl (C=O) groups is 1. The molecule has 0 saturated carbocycles. The minimum Gasteiger partial charge on any atom is -0.326 e. The van der Waals surface area contributed by atoms with Gasteiger partial charge in [-0.15, -0.1) is 0 Å². The molecule has 1 fully saturated rings. The first kappa shape index (κ1) is 18.6. The van der Waals surface area contributed by atoms with E-state index in [9.17, 15) is 13.2 Å². The molecule has 0 atom stereocenters. The first-order valence-corrected chi connectivity index (χ1v) is 10.4. The van der Waals surface area contributed by atoms with Crippen molar-refractivity contribution in [2.24, 2.45) is 5.92 Å². The Morgan fingerprint density at radius 3 is 2.42 bits per heavy atom. The number of hydrogen-bond donors (Lipinski definition) is 1. The number of nitrogens with one attached hydrogen (secondary N) is 1. The third kappa shape index (κ3) is 4.71. The molecule has 0 unspecified atom stereocenters. The maximum absolute atomic E-state index is 12.7. The maximum atomic E-state index is 12.7. The van der Waals surface area contributed by atoms with Gasteiger partial charge in [0.1, 0.15) is 0 Å². The molecular formula is C20H24N2O3S. The number of hydrogen-bond acceptors (Lipinski definition) is 3. The summed E-state index contributed by atoms with van der Waals surface area (Å²) in [6.07, 6.45) is 1.09. The summed E-state index contributed by atoms with van der Waals surface area (Å²) in [5.41, 5.74) is 2.62. The number of sulfonamides is 1. The number of nitrogens with zero attached hydrogens (tertiary/aromatic N) is 1. The highest BCUT2D eigenvalue weighted by Gasteiger charge is 2.31. The second kappa shape index (κ2) is 8.01. The molecule has 1 aliphatic rings. The molecule has 2 aromatic rings. The number of para-hydroxylation sites is 1. The highest BCUT2D eigenvalue weighted by atomic mass is 32.2. The van der Waals surface area contributed by atoms with Crippen LogP contribution in [0.1, 0.15) is 24.0 Å². The third-order valence-electron chi connectivity index (χ3n) is 4.69. The van der Waals surface area contributed by atoms with Gasteiger partial charge in [0.2, 0.25) is 15.9 Å². The van der Waals surface area contributed by atoms with Gasteiger partial charge in [-0.1, -0.05) is 48.0 Å². The zero-order valence-corrected chi connectivity index (χ0v) is 15.7. The molecule has 1 heterocycles. The van der Waals surface area contributed by atoms with Gasteiger partial charge >= 0.3 is 0 Å². The van der Waals surface area contributed by atoms with Gasteiger partial charge in [-0.2, -0.15) is 0 Å². The Morgan fingerprint density at radius 2 is 1.77 bits per heavy atom. The summed E-state index contributed by atoms with van der Waals surface area (Å²) < 4.78 is 26.8. The van der Waals surface area contributed by atoms with Crippen molar-refractivity contribution in [3.8, 4) is 0 Å². The predicted octanol–water partition coefficient (Wildman–Crippen LogP) is 3.18. The number of benzene rings is 2. The quantitative estimate of drug-likeness (QED) is 0.877. The van der Waals surface area contributed by atoms with Crippen molar-refractivity contribution in [2.75, 3.05) is 18.4 Å². The van der Waals surface area contributed by atoms with E-state index < -0.39 is 10.0 Å². The summed E-state index contributed by atoms with van der Waals surface area (Å²) in [7, 11) is -3.36. The summed E-state index contributed by atoms with van der Waals surface area (Å²) in [6, 6.07) is 16.9. The van der Waals surface area contributed by atoms with Gasteiger partial charge in [0.05, 0.1) is 5.75 Å². The lowest BCUT2D eigenvalue weighted by atomic mass is 9.97. The minimum absolute atomic E-state index is 0.00948. The van der Waals surface area contributed by atoms with Crippen molar-refractivity contribution in [1.82, 2.24) is 4.31 Å². The predicted molar refractivity (Wildman–Crippen MR) is 103 cm³/mol. The fraction of sp³-hybridized carbons (Fsp3) is 0.350. The Morgan fingerprint density at radius 1 is 1.08 bits per heavy atom. The minimum atomic E-state index is -3.36. The van der Waals surface area contributed by atoms with E-state index in [1.165, 1.54) is 4.31 Å². The number of piperidine rings is 1. The van der Waals surface area contributed by atoms with Crippen LogP contribution in [-0.4, -0.2) is 31.7 Å². The molecule has 3 rings (SSSR count). The molecule has 0 bridgehead atoms. The average molecular weight is 372 g/mol. The van der Waals surface area contributed by atoms with Gasteiger partial charge in [0, 0.05) is 24.7 Å². The monoisotopic (exact) mass is 372 g/mol. The second-order valence-corrected chi connectivity index (χ2v) is 8.74. The van der Waals surface area contributed by atoms with Gasteiger partial charge in [-0.3, -0.25) is 4.79 Å². The van der Waals surface area contributed by atoms with Crippen molar-refractivity contribution in [3.63, 3.8) is 0 Å². The fourth-order valence-electron chi connectivity index (χ4n) is 3.27. The van der Waals surface area contributed by atoms with Crippen LogP contribution in [0.5, 0.6) is 0 Å². The molecule has 26 heavy (non-hydrogen) atoms. The van der Waals surface area contributed by atoms with Gasteiger partial charge in [0.25, 0.3) is 0 Å². The average Bonchev–Trinajstić information content (AvgIpc) is 2.62. The van der Waals surface area contributed by atoms with Crippen molar-refractivity contribution >= 4 is 21.6 Å². The van der Waals surface area contributed by atoms with Crippen LogP contribution in [0.4, 0.5) is 5.69 Å². The summed E-state index contributed by atoms with van der Waals surface area (Å²) in [6.45, 7) is 2.73. The summed E-state index contributed by atoms with van der Waals surface area (Å²) in [5, 5.41) is 2.90. The van der Waals surface area contributed by atoms with Crippen molar-refractivity contribution in [1.29, 1.82) is 0 Å². The molecule has 1 saturated heterocycles. The first-order valence-electron chi connectivity index (χ1n) is 8.83. The van der Waals surface area contributed by atoms with Crippen molar-refractivity contribution in [3.05, 3.63) is 65.7 Å². The van der Waals surface area contributed by atoms with E-state index in [1.807, 2.05) is 61.5 Å². The molecule has 2 aromatic carbocycles. The number of carbonyl (C=O) groups excluding carboxylic acids is 1. The van der Waals surface area contributed by atoms with Crippen LogP contribution >= 0.6 is 0 Å². The van der Waals surface area contributed by atoms with Crippen LogP contribution in [0.15, 0.2) is 54.6 Å². The van der Waals surface area contributed by atoms with Crippen LogP contribution in [-0.2, 0) is 20.6 Å². The Hall–Kier alpha value is -2.18. The lowest BCUT2D eigenvalue weighted by molar-refractivity contribution is -0.120. The topological polar surface area (TPSA) is 66.5 Å². The SMILES string of the molecule is Cc1cccc(CS(=O)(=O)N2CCC(C(=O)Nc3ccccc3)CC2)c1. The molecule has 1 aliphatic heterocycles. The maximum Gasteiger partial charge on any atom is 0.227 e. The molecule has 0 aromatic heterocycles. The molecule has 5 nitrogen and oxygen atoms in total. The Bertz CT molecular complexity index is 858. The van der Waals surface area contributed by atoms with E-state index in [0.717, 1.165) is 16.8 Å². The molecule has 138 valence electrons. The van der Waals surface area contributed by atoms with Crippen LogP contribution in [0.3, 0.4) is 0 Å². The Labute approximate surface area is 155 Å². The fourth-order valence-corrected chi connectivity index (χ4v) is 4.82. The Kier molecular flexibility index (Phi) is 5.74. The van der Waals surface area contributed by atoms with E-state index in [2.05, 4.69) is 5.32 Å². The standard InChI is InChI=1S/C20H24N2O3S/c1-16-6-5-7-17(14-16)15-26(24,25)22-12-10-18(11-13-22)20(23)21-19-8-3-2-4-9-19/h2-9,14,18H,10-13,15H2,1H3,(H,21,23). The molecule has 0 spiro atoms. The molecule has 0 radical (unpaired) electrons. The number of anilines is 1. The van der Waals surface area contributed by atoms with Gasteiger partial charge in [-0.05, 0) is 37.5 Å². The zero-order chi connectivity index (χ0) is 18.6. The zero-order valence-electron chi connectivity index (χ0n) is 14.9. The van der Waals surface area contributed by atoms with Gasteiger partial charge in [-0.25, -0.2) is 12.7 Å². The highest BCUT2D eigenvalue weighted by molar-refractivity contribution is 7.88. The van der Waals surface area contributed by atoms with E-state index in [4.69, 9.17) is 0 Å². The largest absolute Gasteiger partial charge is 0.326 e. The molecule has 1 amide bonds. The summed E-state index contributed by atoms with van der Waals surface area (Å²) >= 11 is 0. The lowest BCUT2D eigenvalue weighted by Crippen LogP contribution is -2.41. The molecule has 0 aliphatic carbocycles. The van der Waals surface area contributed by atoms with Crippen LogP contribution in [0.25, 0.3) is 0 Å². The Balaban J connectivity index is 1.56. The van der Waals surface area contributed by atoms with Crippen molar-refractivity contribution in [2.45, 2.75) is 25.5 Å². The third-order valence-corrected chi connectivity index (χ3v) is 6.54. The molecule has 1 N–H and O–H groups in total. The van der Waals surface area contributed by atoms with Crippen LogP contribution < -0.4 is 5.32 Å². The smallest absolute Gasteiger partial charge is 0.227 e. The second-order valence-electron chi connectivity index (χ2n) is 6.77. The highest BCUT2D eigenvalue weighted by Crippen LogP contribution is 2.23. The summed E-state index contributed by atoms with van der Waals surface area (Å²) in [4.78, 5) is 12.4. The van der Waals surface area contributed by atoms with E-state index in [0.29, 0.717) is 25.9 Å².